The Morgan fingerprint density at radius 3 is 2.53 bits per heavy atom. The molecule has 1 rings (SSSR count). The predicted octanol–water partition coefficient (Wildman–Crippen LogP) is 2.05. The van der Waals surface area contributed by atoms with Crippen LogP contribution in [0.15, 0.2) is 34.1 Å². The van der Waals surface area contributed by atoms with Crippen LogP contribution in [0.4, 0.5) is 0 Å². The van der Waals surface area contributed by atoms with E-state index in [1.165, 1.54) is 17.8 Å². The zero-order valence-electron chi connectivity index (χ0n) is 9.58. The van der Waals surface area contributed by atoms with E-state index in [0.717, 1.165) is 6.26 Å². The zero-order chi connectivity index (χ0) is 13.1. The molecular weight excluding hydrogens is 260 g/mol. The summed E-state index contributed by atoms with van der Waals surface area (Å²) in [6, 6.07) is 6.62. The topological polar surface area (TPSA) is 71.4 Å². The van der Waals surface area contributed by atoms with Crippen LogP contribution in [0.5, 0.6) is 0 Å². The molecule has 0 saturated carbocycles. The molecule has 0 fully saturated rings. The number of carboxylic acids is 1. The molecule has 0 aromatic heterocycles. The largest absolute Gasteiger partial charge is 0.481 e. The van der Waals surface area contributed by atoms with Crippen LogP contribution in [-0.2, 0) is 14.6 Å². The Morgan fingerprint density at radius 1 is 1.41 bits per heavy atom. The molecule has 1 unspecified atom stereocenters. The van der Waals surface area contributed by atoms with E-state index in [-0.39, 0.29) is 16.6 Å². The number of hydrogen-bond acceptors (Lipinski definition) is 4. The van der Waals surface area contributed by atoms with Crippen LogP contribution in [0.3, 0.4) is 0 Å². The lowest BCUT2D eigenvalue weighted by atomic mass is 10.3. The highest BCUT2D eigenvalue weighted by molar-refractivity contribution is 8.00. The van der Waals surface area contributed by atoms with E-state index in [1.807, 2.05) is 0 Å². The van der Waals surface area contributed by atoms with Crippen molar-refractivity contribution in [3.63, 3.8) is 0 Å². The van der Waals surface area contributed by atoms with Crippen molar-refractivity contribution in [3.05, 3.63) is 24.3 Å². The average molecular weight is 274 g/mol. The number of aliphatic carboxylic acids is 1. The minimum atomic E-state index is -3.28. The number of thioether (sulfide) groups is 1. The summed E-state index contributed by atoms with van der Waals surface area (Å²) >= 11 is 1.27. The highest BCUT2D eigenvalue weighted by Crippen LogP contribution is 2.30. The minimum Gasteiger partial charge on any atom is -0.481 e. The first-order chi connectivity index (χ1) is 7.80. The second-order valence-corrected chi connectivity index (χ2v) is 7.21. The molecule has 0 amide bonds. The Hall–Kier alpha value is -1.01. The Bertz CT molecular complexity index is 508. The normalized spacial score (nSPS) is 13.3. The number of carboxylic acid groups (broad SMARTS) is 1. The Kier molecular flexibility index (Phi) is 4.59. The molecule has 0 spiro atoms. The summed E-state index contributed by atoms with van der Waals surface area (Å²) in [5.41, 5.74) is 0. The van der Waals surface area contributed by atoms with Gasteiger partial charge < -0.3 is 5.11 Å². The van der Waals surface area contributed by atoms with E-state index in [1.54, 1.807) is 25.1 Å². The van der Waals surface area contributed by atoms with Gasteiger partial charge in [-0.05, 0) is 12.1 Å². The molecule has 94 valence electrons. The third-order valence-corrected chi connectivity index (χ3v) is 4.50. The molecule has 1 aromatic carbocycles. The molecule has 0 aliphatic carbocycles. The summed E-state index contributed by atoms with van der Waals surface area (Å²) < 4.78 is 23.1. The van der Waals surface area contributed by atoms with Crippen molar-refractivity contribution in [1.29, 1.82) is 0 Å². The summed E-state index contributed by atoms with van der Waals surface area (Å²) in [6.07, 6.45) is 1.15. The maximum atomic E-state index is 11.5. The van der Waals surface area contributed by atoms with Crippen LogP contribution < -0.4 is 0 Å². The van der Waals surface area contributed by atoms with Crippen LogP contribution >= 0.6 is 11.8 Å². The first kappa shape index (κ1) is 14.1. The van der Waals surface area contributed by atoms with E-state index in [9.17, 15) is 13.2 Å². The predicted molar refractivity (Wildman–Crippen MR) is 67.1 cm³/mol. The second-order valence-electron chi connectivity index (χ2n) is 3.75. The fourth-order valence-electron chi connectivity index (χ4n) is 1.36. The second kappa shape index (κ2) is 5.55. The zero-order valence-corrected chi connectivity index (χ0v) is 11.2. The van der Waals surface area contributed by atoms with Crippen LogP contribution in [-0.4, -0.2) is 31.0 Å². The number of sulfone groups is 1. The third kappa shape index (κ3) is 4.40. The Morgan fingerprint density at radius 2 is 2.00 bits per heavy atom. The van der Waals surface area contributed by atoms with Gasteiger partial charge in [-0.3, -0.25) is 4.79 Å². The maximum absolute atomic E-state index is 11.5. The van der Waals surface area contributed by atoms with E-state index < -0.39 is 15.8 Å². The van der Waals surface area contributed by atoms with Crippen LogP contribution in [0.25, 0.3) is 0 Å². The molecule has 4 nitrogen and oxygen atoms in total. The lowest BCUT2D eigenvalue weighted by Gasteiger charge is -2.11. The molecule has 0 saturated heterocycles. The lowest BCUT2D eigenvalue weighted by molar-refractivity contribution is -0.136. The molecule has 0 aliphatic heterocycles. The summed E-state index contributed by atoms with van der Waals surface area (Å²) in [5.74, 6) is -0.887. The summed E-state index contributed by atoms with van der Waals surface area (Å²) in [7, 11) is -3.28. The molecular formula is C11H14O4S2. The van der Waals surface area contributed by atoms with E-state index in [4.69, 9.17) is 5.11 Å². The first-order valence-corrected chi connectivity index (χ1v) is 7.75. The molecule has 17 heavy (non-hydrogen) atoms. The fraction of sp³-hybridized carbons (Fsp3) is 0.364. The quantitative estimate of drug-likeness (QED) is 0.832. The van der Waals surface area contributed by atoms with Crippen molar-refractivity contribution in [2.24, 2.45) is 0 Å². The van der Waals surface area contributed by atoms with Gasteiger partial charge in [-0.15, -0.1) is 11.8 Å². The van der Waals surface area contributed by atoms with E-state index >= 15 is 0 Å². The van der Waals surface area contributed by atoms with Gasteiger partial charge in [-0.1, -0.05) is 19.1 Å². The average Bonchev–Trinajstić information content (AvgIpc) is 2.15. The van der Waals surface area contributed by atoms with Crippen molar-refractivity contribution in [2.75, 3.05) is 6.26 Å². The molecule has 1 atom stereocenters. The van der Waals surface area contributed by atoms with Gasteiger partial charge in [-0.25, -0.2) is 8.42 Å². The third-order valence-electron chi connectivity index (χ3n) is 2.04. The van der Waals surface area contributed by atoms with Crippen LogP contribution in [0.2, 0.25) is 0 Å². The first-order valence-electron chi connectivity index (χ1n) is 4.98. The molecule has 0 radical (unpaired) electrons. The van der Waals surface area contributed by atoms with Gasteiger partial charge in [0.15, 0.2) is 9.84 Å². The highest BCUT2D eigenvalue weighted by atomic mass is 32.2. The monoisotopic (exact) mass is 274 g/mol. The van der Waals surface area contributed by atoms with Gasteiger partial charge in [0.25, 0.3) is 0 Å². The number of carbonyl (C=O) groups is 1. The SMILES string of the molecule is CC(CC(=O)O)Sc1ccccc1S(C)(=O)=O. The van der Waals surface area contributed by atoms with Gasteiger partial charge in [-0.2, -0.15) is 0 Å². The van der Waals surface area contributed by atoms with Gasteiger partial charge in [0.2, 0.25) is 0 Å². The fourth-order valence-corrected chi connectivity index (χ4v) is 3.72. The lowest BCUT2D eigenvalue weighted by Crippen LogP contribution is -2.07. The van der Waals surface area contributed by atoms with Crippen molar-refractivity contribution >= 4 is 27.6 Å². The molecule has 1 N–H and O–H groups in total. The summed E-state index contributed by atoms with van der Waals surface area (Å²) in [5, 5.41) is 8.49. The van der Waals surface area contributed by atoms with E-state index in [2.05, 4.69) is 0 Å². The molecule has 6 heteroatoms. The molecule has 0 bridgehead atoms. The van der Waals surface area contributed by atoms with Crippen LogP contribution in [0.1, 0.15) is 13.3 Å². The van der Waals surface area contributed by atoms with Crippen LogP contribution in [0, 0.1) is 0 Å². The highest BCUT2D eigenvalue weighted by Gasteiger charge is 2.16. The van der Waals surface area contributed by atoms with Gasteiger partial charge in [0.05, 0.1) is 11.3 Å². The van der Waals surface area contributed by atoms with Gasteiger partial charge in [0, 0.05) is 16.4 Å². The Balaban J connectivity index is 2.96. The van der Waals surface area contributed by atoms with Gasteiger partial charge >= 0.3 is 5.97 Å². The van der Waals surface area contributed by atoms with Crippen molar-refractivity contribution in [1.82, 2.24) is 0 Å². The Labute approximate surface area is 105 Å². The number of benzene rings is 1. The molecule has 0 aliphatic rings. The number of rotatable bonds is 5. The smallest absolute Gasteiger partial charge is 0.304 e. The van der Waals surface area contributed by atoms with Crippen molar-refractivity contribution in [3.8, 4) is 0 Å². The van der Waals surface area contributed by atoms with E-state index in [0.29, 0.717) is 4.90 Å². The molecule has 0 heterocycles. The standard InChI is InChI=1S/C11H14O4S2/c1-8(7-11(12)13)16-9-5-3-4-6-10(9)17(2,14)15/h3-6,8H,7H2,1-2H3,(H,12,13). The minimum absolute atomic E-state index is 0.00274. The molecule has 1 aromatic rings. The number of hydrogen-bond donors (Lipinski definition) is 1. The summed E-state index contributed by atoms with van der Waals surface area (Å²) in [4.78, 5) is 11.4. The van der Waals surface area contributed by atoms with Crippen molar-refractivity contribution < 1.29 is 18.3 Å². The van der Waals surface area contributed by atoms with Gasteiger partial charge in [0.1, 0.15) is 0 Å². The maximum Gasteiger partial charge on any atom is 0.304 e. The van der Waals surface area contributed by atoms with Crippen molar-refractivity contribution in [2.45, 2.75) is 28.4 Å². The summed E-state index contributed by atoms with van der Waals surface area (Å²) in [6.45, 7) is 1.76.